The van der Waals surface area contributed by atoms with Crippen molar-refractivity contribution in [2.45, 2.75) is 18.6 Å². The van der Waals surface area contributed by atoms with Gasteiger partial charge in [0.2, 0.25) is 0 Å². The van der Waals surface area contributed by atoms with Crippen molar-refractivity contribution in [1.82, 2.24) is 5.32 Å². The highest BCUT2D eigenvalue weighted by atomic mass is 32.2. The molecule has 1 unspecified atom stereocenters. The van der Waals surface area contributed by atoms with Gasteiger partial charge in [-0.1, -0.05) is 0 Å². The number of hydrogen-bond donors (Lipinski definition) is 2. The van der Waals surface area contributed by atoms with Gasteiger partial charge in [0.25, 0.3) is 0 Å². The molecule has 0 rings (SSSR count). The van der Waals surface area contributed by atoms with E-state index in [1.807, 2.05) is 0 Å². The van der Waals surface area contributed by atoms with Gasteiger partial charge in [0.15, 0.2) is 0 Å². The standard InChI is InChI=1S/C6H10F3NO4S/c1-15(13,14)3-2-4(6(7,8)9)10-5(11)12/h4,10H,2-3H2,1H3,(H,11,12). The molecule has 0 fully saturated rings. The monoisotopic (exact) mass is 249 g/mol. The van der Waals surface area contributed by atoms with Crippen molar-refractivity contribution in [1.29, 1.82) is 0 Å². The SMILES string of the molecule is CS(=O)(=O)CCC(NC(=O)O)C(F)(F)F. The molecule has 0 bridgehead atoms. The maximum atomic E-state index is 12.1. The quantitative estimate of drug-likeness (QED) is 0.765. The second-order valence-corrected chi connectivity index (χ2v) is 5.22. The molecule has 5 nitrogen and oxygen atoms in total. The van der Waals surface area contributed by atoms with Crippen LogP contribution in [0.4, 0.5) is 18.0 Å². The molecule has 90 valence electrons. The lowest BCUT2D eigenvalue weighted by molar-refractivity contribution is -0.154. The van der Waals surface area contributed by atoms with Crippen molar-refractivity contribution < 1.29 is 31.5 Å². The van der Waals surface area contributed by atoms with Crippen molar-refractivity contribution in [3.05, 3.63) is 0 Å². The Morgan fingerprint density at radius 3 is 2.20 bits per heavy atom. The Kier molecular flexibility index (Phi) is 4.38. The smallest absolute Gasteiger partial charge is 0.408 e. The van der Waals surface area contributed by atoms with Crippen LogP contribution >= 0.6 is 0 Å². The van der Waals surface area contributed by atoms with Crippen LogP contribution in [0.15, 0.2) is 0 Å². The van der Waals surface area contributed by atoms with E-state index in [-0.39, 0.29) is 0 Å². The van der Waals surface area contributed by atoms with E-state index < -0.39 is 40.3 Å². The van der Waals surface area contributed by atoms with E-state index in [9.17, 15) is 26.4 Å². The number of halogens is 3. The summed E-state index contributed by atoms with van der Waals surface area (Å²) >= 11 is 0. The molecule has 0 aromatic heterocycles. The second kappa shape index (κ2) is 4.69. The van der Waals surface area contributed by atoms with Crippen LogP contribution in [0.25, 0.3) is 0 Å². The molecule has 0 radical (unpaired) electrons. The molecule has 2 N–H and O–H groups in total. The summed E-state index contributed by atoms with van der Waals surface area (Å²) in [6.45, 7) is 0. The molecule has 0 aromatic rings. The van der Waals surface area contributed by atoms with Gasteiger partial charge in [-0.25, -0.2) is 13.2 Å². The minimum atomic E-state index is -4.79. The number of amides is 1. The van der Waals surface area contributed by atoms with Gasteiger partial charge in [0.05, 0.1) is 5.75 Å². The summed E-state index contributed by atoms with van der Waals surface area (Å²) in [6.07, 6.45) is -6.68. The summed E-state index contributed by atoms with van der Waals surface area (Å²) in [5.41, 5.74) is 0. The van der Waals surface area contributed by atoms with Gasteiger partial charge >= 0.3 is 12.3 Å². The fourth-order valence-electron chi connectivity index (χ4n) is 0.799. The molecule has 15 heavy (non-hydrogen) atoms. The first kappa shape index (κ1) is 14.0. The number of alkyl halides is 3. The highest BCUT2D eigenvalue weighted by molar-refractivity contribution is 7.90. The third-order valence-electron chi connectivity index (χ3n) is 1.47. The minimum absolute atomic E-state index is 0.725. The topological polar surface area (TPSA) is 83.5 Å². The van der Waals surface area contributed by atoms with Gasteiger partial charge in [-0.05, 0) is 6.42 Å². The molecule has 0 saturated heterocycles. The highest BCUT2D eigenvalue weighted by Crippen LogP contribution is 2.22. The largest absolute Gasteiger partial charge is 0.465 e. The second-order valence-electron chi connectivity index (χ2n) is 2.96. The Hall–Kier alpha value is -0.990. The molecule has 9 heteroatoms. The molecule has 0 heterocycles. The van der Waals surface area contributed by atoms with E-state index in [4.69, 9.17) is 5.11 Å². The van der Waals surface area contributed by atoms with Crippen LogP contribution in [0.5, 0.6) is 0 Å². The van der Waals surface area contributed by atoms with E-state index in [2.05, 4.69) is 0 Å². The molecule has 0 aliphatic rings. The summed E-state index contributed by atoms with van der Waals surface area (Å²) in [7, 11) is -3.55. The summed E-state index contributed by atoms with van der Waals surface area (Å²) in [4.78, 5) is 10.0. The van der Waals surface area contributed by atoms with Crippen molar-refractivity contribution in [2.75, 3.05) is 12.0 Å². The lowest BCUT2D eigenvalue weighted by atomic mass is 10.2. The fourth-order valence-corrected chi connectivity index (χ4v) is 1.46. The van der Waals surface area contributed by atoms with Gasteiger partial charge < -0.3 is 10.4 Å². The maximum Gasteiger partial charge on any atom is 0.408 e. The van der Waals surface area contributed by atoms with Crippen molar-refractivity contribution in [2.24, 2.45) is 0 Å². The van der Waals surface area contributed by atoms with Crippen LogP contribution < -0.4 is 5.32 Å². The number of nitrogens with one attached hydrogen (secondary N) is 1. The zero-order valence-electron chi connectivity index (χ0n) is 7.71. The number of rotatable bonds is 4. The van der Waals surface area contributed by atoms with E-state index in [0.29, 0.717) is 0 Å². The minimum Gasteiger partial charge on any atom is -0.465 e. The lowest BCUT2D eigenvalue weighted by Gasteiger charge is -2.19. The maximum absolute atomic E-state index is 12.1. The number of carbonyl (C=O) groups is 1. The molecule has 1 atom stereocenters. The normalized spacial score (nSPS) is 14.7. The van der Waals surface area contributed by atoms with Crippen LogP contribution in [0.2, 0.25) is 0 Å². The van der Waals surface area contributed by atoms with Crippen molar-refractivity contribution >= 4 is 15.9 Å². The Bertz CT molecular complexity index is 324. The predicted octanol–water partition coefficient (Wildman–Crippen LogP) is 0.620. The Morgan fingerprint density at radius 1 is 1.47 bits per heavy atom. The number of carboxylic acid groups (broad SMARTS) is 1. The molecule has 0 saturated carbocycles. The van der Waals surface area contributed by atoms with Crippen molar-refractivity contribution in [3.63, 3.8) is 0 Å². The van der Waals surface area contributed by atoms with Crippen LogP contribution in [0.1, 0.15) is 6.42 Å². The zero-order valence-corrected chi connectivity index (χ0v) is 8.52. The van der Waals surface area contributed by atoms with Crippen LogP contribution in [-0.4, -0.2) is 43.8 Å². The molecular formula is C6H10F3NO4S. The zero-order chi connectivity index (χ0) is 12.3. The number of sulfone groups is 1. The first-order valence-electron chi connectivity index (χ1n) is 3.76. The summed E-state index contributed by atoms with van der Waals surface area (Å²) in [6, 6.07) is -2.36. The molecule has 1 amide bonds. The third kappa shape index (κ3) is 7.00. The van der Waals surface area contributed by atoms with Crippen LogP contribution in [0.3, 0.4) is 0 Å². The molecule has 0 aliphatic carbocycles. The lowest BCUT2D eigenvalue weighted by Crippen LogP contribution is -2.45. The Balaban J connectivity index is 4.47. The summed E-state index contributed by atoms with van der Waals surface area (Å²) < 4.78 is 57.6. The van der Waals surface area contributed by atoms with Gasteiger partial charge in [0, 0.05) is 6.26 Å². The van der Waals surface area contributed by atoms with Gasteiger partial charge in [-0.15, -0.1) is 0 Å². The first-order valence-corrected chi connectivity index (χ1v) is 5.82. The molecule has 0 spiro atoms. The van der Waals surface area contributed by atoms with Gasteiger partial charge in [0.1, 0.15) is 15.9 Å². The highest BCUT2D eigenvalue weighted by Gasteiger charge is 2.40. The van der Waals surface area contributed by atoms with Gasteiger partial charge in [-0.3, -0.25) is 0 Å². The summed E-state index contributed by atoms with van der Waals surface area (Å²) in [5.74, 6) is -0.725. The van der Waals surface area contributed by atoms with Crippen molar-refractivity contribution in [3.8, 4) is 0 Å². The molecule has 0 aliphatic heterocycles. The van der Waals surface area contributed by atoms with E-state index in [1.165, 1.54) is 5.32 Å². The number of hydrogen-bond acceptors (Lipinski definition) is 3. The molecule has 0 aromatic carbocycles. The average molecular weight is 249 g/mol. The Labute approximate surface area is 84.2 Å². The predicted molar refractivity (Wildman–Crippen MR) is 45.3 cm³/mol. The summed E-state index contributed by atoms with van der Waals surface area (Å²) in [5, 5.41) is 9.34. The third-order valence-corrected chi connectivity index (χ3v) is 2.45. The first-order chi connectivity index (χ1) is 6.52. The van der Waals surface area contributed by atoms with E-state index in [0.717, 1.165) is 6.26 Å². The van der Waals surface area contributed by atoms with E-state index in [1.54, 1.807) is 0 Å². The van der Waals surface area contributed by atoms with Crippen LogP contribution in [0, 0.1) is 0 Å². The average Bonchev–Trinajstić information content (AvgIpc) is 1.93. The van der Waals surface area contributed by atoms with Gasteiger partial charge in [-0.2, -0.15) is 13.2 Å². The van der Waals surface area contributed by atoms with Crippen LogP contribution in [-0.2, 0) is 9.84 Å². The Morgan fingerprint density at radius 2 is 1.93 bits per heavy atom. The molecular weight excluding hydrogens is 239 g/mol. The fraction of sp³-hybridized carbons (Fsp3) is 0.833. The van der Waals surface area contributed by atoms with E-state index >= 15 is 0 Å².